The second-order valence-electron chi connectivity index (χ2n) is 4.01. The maximum absolute atomic E-state index is 10.4. The van der Waals surface area contributed by atoms with Crippen LogP contribution in [0.2, 0.25) is 0 Å². The molecule has 0 radical (unpaired) electrons. The topological polar surface area (TPSA) is 63.0 Å². The highest BCUT2D eigenvalue weighted by Gasteiger charge is 2.25. The highest BCUT2D eigenvalue weighted by Crippen LogP contribution is 2.19. The first-order valence-electron chi connectivity index (χ1n) is 5.84. The fourth-order valence-electron chi connectivity index (χ4n) is 1.87. The number of carbonyl (C=O) groups is 1. The predicted molar refractivity (Wildman–Crippen MR) is 73.3 cm³/mol. The number of carbonyl (C=O) groups excluding carboxylic acids is 1. The fourth-order valence-corrected chi connectivity index (χ4v) is 1.87. The molecule has 94 valence electrons. The third kappa shape index (κ3) is 2.30. The SMILES string of the molecule is O=CNc1cccc(C2=NC3=NC=CC=CC3O2)c1. The number of anilines is 1. The first-order chi connectivity index (χ1) is 9.36. The fraction of sp³-hybridized carbons (Fsp3) is 0.0714. The third-order valence-corrected chi connectivity index (χ3v) is 2.73. The number of aliphatic imine (C=N–C) groups is 2. The van der Waals surface area contributed by atoms with Crippen LogP contribution >= 0.6 is 0 Å². The Morgan fingerprint density at radius 1 is 1.32 bits per heavy atom. The molecule has 2 aliphatic heterocycles. The highest BCUT2D eigenvalue weighted by atomic mass is 16.5. The molecule has 3 rings (SSSR count). The van der Waals surface area contributed by atoms with E-state index in [1.165, 1.54) is 0 Å². The second kappa shape index (κ2) is 4.89. The molecule has 0 spiro atoms. The lowest BCUT2D eigenvalue weighted by Crippen LogP contribution is -2.14. The molecule has 19 heavy (non-hydrogen) atoms. The Morgan fingerprint density at radius 3 is 3.16 bits per heavy atom. The number of nitrogens with one attached hydrogen (secondary N) is 1. The molecular weight excluding hydrogens is 242 g/mol. The zero-order chi connectivity index (χ0) is 13.1. The summed E-state index contributed by atoms with van der Waals surface area (Å²) >= 11 is 0. The lowest BCUT2D eigenvalue weighted by molar-refractivity contribution is -0.105. The Labute approximate surface area is 110 Å². The van der Waals surface area contributed by atoms with Crippen molar-refractivity contribution in [3.05, 3.63) is 54.3 Å². The van der Waals surface area contributed by atoms with Crippen molar-refractivity contribution in [2.24, 2.45) is 9.98 Å². The molecule has 0 bridgehead atoms. The summed E-state index contributed by atoms with van der Waals surface area (Å²) in [5.74, 6) is 1.15. The smallest absolute Gasteiger partial charge is 0.223 e. The van der Waals surface area contributed by atoms with E-state index in [0.717, 1.165) is 5.56 Å². The maximum atomic E-state index is 10.4. The van der Waals surface area contributed by atoms with E-state index in [-0.39, 0.29) is 6.10 Å². The summed E-state index contributed by atoms with van der Waals surface area (Å²) in [5, 5.41) is 2.60. The van der Waals surface area contributed by atoms with Crippen LogP contribution in [0.1, 0.15) is 5.56 Å². The number of nitrogens with zero attached hydrogens (tertiary/aromatic N) is 2. The van der Waals surface area contributed by atoms with Crippen molar-refractivity contribution < 1.29 is 9.53 Å². The van der Waals surface area contributed by atoms with E-state index >= 15 is 0 Å². The van der Waals surface area contributed by atoms with Crippen molar-refractivity contribution in [2.75, 3.05) is 5.32 Å². The van der Waals surface area contributed by atoms with Crippen LogP contribution in [-0.4, -0.2) is 24.2 Å². The molecule has 5 heteroatoms. The summed E-state index contributed by atoms with van der Waals surface area (Å²) in [4.78, 5) is 19.0. The van der Waals surface area contributed by atoms with Gasteiger partial charge in [-0.3, -0.25) is 4.79 Å². The van der Waals surface area contributed by atoms with Gasteiger partial charge in [-0.05, 0) is 30.4 Å². The monoisotopic (exact) mass is 253 g/mol. The van der Waals surface area contributed by atoms with Gasteiger partial charge in [0.25, 0.3) is 0 Å². The minimum atomic E-state index is -0.243. The zero-order valence-corrected chi connectivity index (χ0v) is 9.98. The van der Waals surface area contributed by atoms with E-state index < -0.39 is 0 Å². The van der Waals surface area contributed by atoms with Gasteiger partial charge in [0, 0.05) is 17.5 Å². The summed E-state index contributed by atoms with van der Waals surface area (Å²) in [5.41, 5.74) is 1.50. The summed E-state index contributed by atoms with van der Waals surface area (Å²) in [6.07, 6.45) is 7.69. The van der Waals surface area contributed by atoms with Crippen LogP contribution < -0.4 is 5.32 Å². The quantitative estimate of drug-likeness (QED) is 0.836. The normalized spacial score (nSPS) is 19.9. The summed E-state index contributed by atoms with van der Waals surface area (Å²) in [6, 6.07) is 7.31. The van der Waals surface area contributed by atoms with Crippen LogP contribution in [0.4, 0.5) is 5.69 Å². The molecule has 1 aromatic rings. The molecule has 1 unspecified atom stereocenters. The Bertz CT molecular complexity index is 629. The van der Waals surface area contributed by atoms with Crippen LogP contribution in [0, 0.1) is 0 Å². The van der Waals surface area contributed by atoms with E-state index in [1.807, 2.05) is 30.4 Å². The number of hydrogen-bond donors (Lipinski definition) is 1. The number of amides is 1. The predicted octanol–water partition coefficient (Wildman–Crippen LogP) is 1.88. The van der Waals surface area contributed by atoms with Crippen molar-refractivity contribution in [1.29, 1.82) is 0 Å². The molecule has 0 aromatic heterocycles. The Hall–Kier alpha value is -2.69. The first-order valence-corrected chi connectivity index (χ1v) is 5.84. The summed E-state index contributed by atoms with van der Waals surface area (Å²) in [7, 11) is 0. The molecule has 1 N–H and O–H groups in total. The average molecular weight is 253 g/mol. The van der Waals surface area contributed by atoms with Crippen molar-refractivity contribution in [1.82, 2.24) is 0 Å². The molecule has 1 atom stereocenters. The summed E-state index contributed by atoms with van der Waals surface area (Å²) in [6.45, 7) is 0. The van der Waals surface area contributed by atoms with Gasteiger partial charge in [0.05, 0.1) is 0 Å². The molecule has 0 saturated carbocycles. The molecule has 0 saturated heterocycles. The van der Waals surface area contributed by atoms with Gasteiger partial charge in [0.1, 0.15) is 0 Å². The minimum absolute atomic E-state index is 0.243. The number of fused-ring (bicyclic) bond motifs is 1. The molecule has 1 amide bonds. The number of benzene rings is 1. The summed E-state index contributed by atoms with van der Waals surface area (Å²) < 4.78 is 5.74. The maximum Gasteiger partial charge on any atom is 0.223 e. The van der Waals surface area contributed by atoms with Gasteiger partial charge >= 0.3 is 0 Å². The second-order valence-corrected chi connectivity index (χ2v) is 4.01. The standard InChI is InChI=1S/C14H11N3O2/c18-9-16-11-5-3-4-10(8-11)14-17-13-12(19-14)6-1-2-7-15-13/h1-9,12H,(H,16,18). The Kier molecular flexibility index (Phi) is 2.94. The molecule has 5 nitrogen and oxygen atoms in total. The van der Waals surface area contributed by atoms with E-state index in [9.17, 15) is 4.79 Å². The van der Waals surface area contributed by atoms with Crippen LogP contribution in [0.25, 0.3) is 0 Å². The molecule has 0 aliphatic carbocycles. The van der Waals surface area contributed by atoms with Gasteiger partial charge in [-0.25, -0.2) is 4.99 Å². The van der Waals surface area contributed by atoms with Gasteiger partial charge in [0.15, 0.2) is 11.9 Å². The average Bonchev–Trinajstić information content (AvgIpc) is 2.71. The van der Waals surface area contributed by atoms with E-state index in [2.05, 4.69) is 15.3 Å². The first kappa shape index (κ1) is 11.4. The lowest BCUT2D eigenvalue weighted by Gasteiger charge is -2.07. The molecule has 2 aliphatic rings. The Balaban J connectivity index is 1.91. The van der Waals surface area contributed by atoms with Crippen molar-refractivity contribution in [2.45, 2.75) is 6.10 Å². The van der Waals surface area contributed by atoms with Crippen molar-refractivity contribution in [3.63, 3.8) is 0 Å². The van der Waals surface area contributed by atoms with Gasteiger partial charge in [-0.1, -0.05) is 12.1 Å². The number of amidine groups is 1. The van der Waals surface area contributed by atoms with Gasteiger partial charge < -0.3 is 10.1 Å². The minimum Gasteiger partial charge on any atom is -0.461 e. The van der Waals surface area contributed by atoms with Crippen LogP contribution in [0.3, 0.4) is 0 Å². The van der Waals surface area contributed by atoms with E-state index in [0.29, 0.717) is 23.8 Å². The van der Waals surface area contributed by atoms with E-state index in [1.54, 1.807) is 18.3 Å². The number of rotatable bonds is 3. The van der Waals surface area contributed by atoms with Crippen molar-refractivity contribution in [3.8, 4) is 0 Å². The number of ether oxygens (including phenoxy) is 1. The van der Waals surface area contributed by atoms with E-state index in [4.69, 9.17) is 4.74 Å². The number of allylic oxidation sites excluding steroid dienone is 2. The molecular formula is C14H11N3O2. The molecule has 2 heterocycles. The number of hydrogen-bond acceptors (Lipinski definition) is 4. The molecule has 1 aromatic carbocycles. The largest absolute Gasteiger partial charge is 0.461 e. The highest BCUT2D eigenvalue weighted by molar-refractivity contribution is 6.10. The van der Waals surface area contributed by atoms with Gasteiger partial charge in [-0.2, -0.15) is 4.99 Å². The Morgan fingerprint density at radius 2 is 2.26 bits per heavy atom. The lowest BCUT2D eigenvalue weighted by atomic mass is 10.2. The van der Waals surface area contributed by atoms with Gasteiger partial charge in [-0.15, -0.1) is 0 Å². The van der Waals surface area contributed by atoms with Crippen molar-refractivity contribution >= 4 is 23.8 Å². The van der Waals surface area contributed by atoms with Crippen LogP contribution in [-0.2, 0) is 9.53 Å². The third-order valence-electron chi connectivity index (χ3n) is 2.73. The van der Waals surface area contributed by atoms with Crippen LogP contribution in [0.15, 0.2) is 58.7 Å². The zero-order valence-electron chi connectivity index (χ0n) is 9.98. The van der Waals surface area contributed by atoms with Crippen LogP contribution in [0.5, 0.6) is 0 Å². The molecule has 0 fully saturated rings. The van der Waals surface area contributed by atoms with Gasteiger partial charge in [0.2, 0.25) is 12.3 Å².